The monoisotopic (exact) mass is 855 g/mol. The molecule has 2 aromatic heterocycles. The van der Waals surface area contributed by atoms with Gasteiger partial charge in [0.2, 0.25) is 0 Å². The van der Waals surface area contributed by atoms with Crippen LogP contribution in [0.5, 0.6) is 11.5 Å². The molecule has 1 unspecified atom stereocenters. The van der Waals surface area contributed by atoms with E-state index in [1.165, 1.54) is 53.9 Å². The topological polar surface area (TPSA) is 181 Å². The number of carbonyl (C=O) groups is 1. The molecule has 3 N–H and O–H groups in total. The molecule has 2 atom stereocenters. The van der Waals surface area contributed by atoms with Crippen molar-refractivity contribution in [3.05, 3.63) is 117 Å². The molecule has 2 aliphatic heterocycles. The lowest BCUT2D eigenvalue weighted by Crippen LogP contribution is -2.52. The average Bonchev–Trinajstić information content (AvgIpc) is 3.72. The molecule has 3 aromatic carbocycles. The van der Waals surface area contributed by atoms with Gasteiger partial charge < -0.3 is 29.4 Å². The van der Waals surface area contributed by atoms with Crippen molar-refractivity contribution in [2.45, 2.75) is 49.6 Å². The van der Waals surface area contributed by atoms with E-state index in [4.69, 9.17) is 25.8 Å². The number of amides is 1. The summed E-state index contributed by atoms with van der Waals surface area (Å²) in [5.74, 6) is -0.510. The van der Waals surface area contributed by atoms with Gasteiger partial charge in [0.25, 0.3) is 21.6 Å². The van der Waals surface area contributed by atoms with Crippen LogP contribution < -0.4 is 19.7 Å². The van der Waals surface area contributed by atoms with Gasteiger partial charge in [-0.2, -0.15) is 0 Å². The molecular formula is C43H46ClN7O8S. The highest BCUT2D eigenvalue weighted by Gasteiger charge is 2.29. The average molecular weight is 856 g/mol. The lowest BCUT2D eigenvalue weighted by Gasteiger charge is -2.42. The first-order chi connectivity index (χ1) is 29.0. The summed E-state index contributed by atoms with van der Waals surface area (Å²) >= 11 is 6.20. The number of pyridine rings is 1. The van der Waals surface area contributed by atoms with Gasteiger partial charge >= 0.3 is 0 Å². The first kappa shape index (κ1) is 41.2. The number of hydrogen-bond donors (Lipinski definition) is 3. The minimum atomic E-state index is -4.58. The molecule has 15 nitrogen and oxygen atoms in total. The number of allylic oxidation sites excluding steroid dienone is 1. The highest BCUT2D eigenvalue weighted by molar-refractivity contribution is 7.90. The van der Waals surface area contributed by atoms with Crippen molar-refractivity contribution >= 4 is 61.2 Å². The van der Waals surface area contributed by atoms with E-state index in [0.29, 0.717) is 37.8 Å². The number of anilines is 2. The van der Waals surface area contributed by atoms with Crippen LogP contribution in [-0.2, 0) is 19.5 Å². The van der Waals surface area contributed by atoms with Gasteiger partial charge in [-0.15, -0.1) is 0 Å². The van der Waals surface area contributed by atoms with E-state index < -0.39 is 31.4 Å². The predicted molar refractivity (Wildman–Crippen MR) is 229 cm³/mol. The van der Waals surface area contributed by atoms with E-state index in [1.54, 1.807) is 24.4 Å². The molecule has 1 amide bonds. The van der Waals surface area contributed by atoms with E-state index in [-0.39, 0.29) is 35.7 Å². The number of sulfonamides is 1. The molecule has 0 radical (unpaired) electrons. The predicted octanol–water partition coefficient (Wildman–Crippen LogP) is 7.40. The molecule has 4 heterocycles. The number of nitrogens with zero attached hydrogens (tertiary/aromatic N) is 4. The number of nitro benzene ring substituents is 1. The third-order valence-electron chi connectivity index (χ3n) is 11.2. The van der Waals surface area contributed by atoms with Crippen molar-refractivity contribution in [3.8, 4) is 11.5 Å². The summed E-state index contributed by atoms with van der Waals surface area (Å²) in [6.45, 7) is 6.76. The maximum atomic E-state index is 13.9. The van der Waals surface area contributed by atoms with E-state index in [1.807, 2.05) is 18.2 Å². The third kappa shape index (κ3) is 9.42. The Morgan fingerprint density at radius 1 is 1.05 bits per heavy atom. The number of aromatic nitrogens is 2. The second-order valence-electron chi connectivity index (χ2n) is 15.2. The minimum Gasteiger partial charge on any atom is -0.455 e. The van der Waals surface area contributed by atoms with Gasteiger partial charge in [-0.05, 0) is 92.3 Å². The van der Waals surface area contributed by atoms with Crippen molar-refractivity contribution in [1.82, 2.24) is 19.6 Å². The number of fused-ring (bicyclic) bond motifs is 1. The van der Waals surface area contributed by atoms with Crippen LogP contribution in [0.15, 0.2) is 95.7 Å². The molecule has 2 saturated heterocycles. The number of piperazine rings is 1. The van der Waals surface area contributed by atoms with Crippen LogP contribution in [0.1, 0.15) is 48.5 Å². The van der Waals surface area contributed by atoms with Crippen LogP contribution in [0.3, 0.4) is 0 Å². The summed E-state index contributed by atoms with van der Waals surface area (Å²) in [5, 5.41) is 16.5. The highest BCUT2D eigenvalue weighted by Crippen LogP contribution is 2.36. The molecule has 1 aliphatic carbocycles. The number of rotatable bonds is 13. The Balaban J connectivity index is 1.02. The summed E-state index contributed by atoms with van der Waals surface area (Å²) in [6, 6.07) is 20.4. The van der Waals surface area contributed by atoms with Gasteiger partial charge in [-0.1, -0.05) is 29.3 Å². The van der Waals surface area contributed by atoms with Gasteiger partial charge in [0.15, 0.2) is 0 Å². The van der Waals surface area contributed by atoms with Crippen LogP contribution in [-0.4, -0.2) is 98.8 Å². The van der Waals surface area contributed by atoms with Gasteiger partial charge in [0.05, 0.1) is 47.5 Å². The largest absolute Gasteiger partial charge is 0.455 e. The third-order valence-corrected chi connectivity index (χ3v) is 12.8. The molecule has 0 spiro atoms. The summed E-state index contributed by atoms with van der Waals surface area (Å²) < 4.78 is 46.7. The second kappa shape index (κ2) is 18.0. The van der Waals surface area contributed by atoms with Crippen molar-refractivity contribution in [3.63, 3.8) is 0 Å². The van der Waals surface area contributed by atoms with E-state index >= 15 is 0 Å². The number of nitrogens with one attached hydrogen (secondary N) is 3. The summed E-state index contributed by atoms with van der Waals surface area (Å²) in [6.07, 6.45) is 7.42. The molecule has 0 bridgehead atoms. The fourth-order valence-corrected chi connectivity index (χ4v) is 9.14. The lowest BCUT2D eigenvalue weighted by molar-refractivity contribution is -0.384. The summed E-state index contributed by atoms with van der Waals surface area (Å²) in [5.41, 5.74) is 5.15. The Kier molecular flexibility index (Phi) is 12.4. The smallest absolute Gasteiger partial charge is 0.293 e. The Bertz CT molecular complexity index is 2520. The van der Waals surface area contributed by atoms with Crippen molar-refractivity contribution in [2.75, 3.05) is 62.8 Å². The lowest BCUT2D eigenvalue weighted by atomic mass is 9.87. The molecule has 17 heteroatoms. The maximum absolute atomic E-state index is 13.9. The fraction of sp³-hybridized carbons (Fsp3) is 0.349. The van der Waals surface area contributed by atoms with Gasteiger partial charge in [0, 0.05) is 73.2 Å². The van der Waals surface area contributed by atoms with E-state index in [0.717, 1.165) is 54.6 Å². The zero-order valence-corrected chi connectivity index (χ0v) is 34.6. The highest BCUT2D eigenvalue weighted by atomic mass is 35.5. The molecule has 3 aliphatic rings. The van der Waals surface area contributed by atoms with Crippen LogP contribution in [0, 0.1) is 10.1 Å². The van der Waals surface area contributed by atoms with Crippen molar-refractivity contribution in [1.29, 1.82) is 0 Å². The van der Waals surface area contributed by atoms with E-state index in [9.17, 15) is 23.3 Å². The number of halogens is 1. The van der Waals surface area contributed by atoms with Gasteiger partial charge in [-0.25, -0.2) is 18.1 Å². The minimum absolute atomic E-state index is 0.0513. The molecule has 314 valence electrons. The van der Waals surface area contributed by atoms with Gasteiger partial charge in [-0.3, -0.25) is 19.8 Å². The van der Waals surface area contributed by atoms with Crippen molar-refractivity contribution in [2.24, 2.45) is 0 Å². The zero-order chi connectivity index (χ0) is 41.8. The Morgan fingerprint density at radius 2 is 1.88 bits per heavy atom. The molecule has 60 heavy (non-hydrogen) atoms. The number of H-pyrrole nitrogens is 1. The standard InChI is InChI=1S/C43H46ClN7O8S/c1-28-25-50(17-16-49(28)26-31-4-2-3-5-37(31)29-6-8-32(44)9-7-29)33-10-12-38(41(21-33)59-34-20-30-14-15-45-42(30)47-23-34)43(52)48-60(55,56)36-11-13-39(40(22-36)51(53)54)46-24-35-27-57-18-19-58-35/h6-15,20-23,28,35,46H,2-5,16-19,24-27H2,1H3,(H,45,47)(H,48,52)/t28-,35?/m1/s1. The van der Waals surface area contributed by atoms with Gasteiger partial charge in [0.1, 0.15) is 22.8 Å². The van der Waals surface area contributed by atoms with Crippen LogP contribution in [0.4, 0.5) is 17.1 Å². The molecule has 0 saturated carbocycles. The Labute approximate surface area is 352 Å². The number of benzene rings is 3. The summed E-state index contributed by atoms with van der Waals surface area (Å²) in [4.78, 5) is 37.0. The van der Waals surface area contributed by atoms with Crippen LogP contribution in [0.25, 0.3) is 16.6 Å². The number of aromatic amines is 1. The molecule has 8 rings (SSSR count). The van der Waals surface area contributed by atoms with Crippen LogP contribution >= 0.6 is 11.6 Å². The number of ether oxygens (including phenoxy) is 3. The summed E-state index contributed by atoms with van der Waals surface area (Å²) in [7, 11) is -4.58. The second-order valence-corrected chi connectivity index (χ2v) is 17.4. The number of hydrogen-bond acceptors (Lipinski definition) is 12. The number of carbonyl (C=O) groups excluding carboxylic acids is 1. The molecule has 5 aromatic rings. The maximum Gasteiger partial charge on any atom is 0.293 e. The quantitative estimate of drug-likeness (QED) is 0.0790. The normalized spacial score (nSPS) is 19.0. The first-order valence-corrected chi connectivity index (χ1v) is 21.9. The molecular weight excluding hydrogens is 810 g/mol. The Hall–Kier alpha value is -5.52. The van der Waals surface area contributed by atoms with Crippen LogP contribution in [0.2, 0.25) is 5.02 Å². The van der Waals surface area contributed by atoms with E-state index in [2.05, 4.69) is 48.9 Å². The SMILES string of the molecule is C[C@@H]1CN(c2ccc(C(=O)NS(=O)(=O)c3ccc(NCC4COCCO4)c([N+](=O)[O-])c3)c(Oc3cnc4[nH]ccc4c3)c2)CCN1CC1=C(c2ccc(Cl)cc2)CCCC1. The fourth-order valence-electron chi connectivity index (χ4n) is 8.03. The number of nitro groups is 1. The first-order valence-electron chi connectivity index (χ1n) is 20.0. The van der Waals surface area contributed by atoms with Crippen molar-refractivity contribution < 1.29 is 32.3 Å². The molecule has 2 fully saturated rings. The zero-order valence-electron chi connectivity index (χ0n) is 33.1. The Morgan fingerprint density at radius 3 is 2.67 bits per heavy atom.